The van der Waals surface area contributed by atoms with Gasteiger partial charge < -0.3 is 64.2 Å². The van der Waals surface area contributed by atoms with Crippen LogP contribution in [0.5, 0.6) is 0 Å². The van der Waals surface area contributed by atoms with Gasteiger partial charge in [-0.05, 0) is 83.5 Å². The van der Waals surface area contributed by atoms with Crippen LogP contribution in [-0.2, 0) is 33.2 Å². The summed E-state index contributed by atoms with van der Waals surface area (Å²) >= 11 is 0. The number of esters is 1. The highest BCUT2D eigenvalue weighted by Crippen LogP contribution is 2.26. The van der Waals surface area contributed by atoms with Crippen molar-refractivity contribution in [2.24, 2.45) is 0 Å². The van der Waals surface area contributed by atoms with Gasteiger partial charge in [0.25, 0.3) is 0 Å². The molecule has 14 heteroatoms. The Morgan fingerprint density at radius 1 is 0.524 bits per heavy atom. The minimum absolute atomic E-state index is 0.0222. The largest absolute Gasteiger partial charge is 0.457 e. The fourth-order valence-electron chi connectivity index (χ4n) is 6.64. The molecule has 0 aromatic carbocycles. The van der Waals surface area contributed by atoms with Crippen molar-refractivity contribution in [3.05, 3.63) is 85.1 Å². The summed E-state index contributed by atoms with van der Waals surface area (Å²) in [5.74, 6) is -0.422. The number of aliphatic hydroxyl groups excluding tert-OH is 7. The number of allylic oxidation sites excluding steroid dienone is 14. The van der Waals surface area contributed by atoms with Crippen molar-refractivity contribution in [2.75, 3.05) is 33.0 Å². The average molecular weight is 893 g/mol. The standard InChI is InChI=1S/C49H80O14/c1-3-5-7-9-11-13-15-17-18-19-21-23-25-27-29-31-33-58-35-38(61-41(51)32-30-28-26-24-22-20-16-14-12-10-8-6-4-2)36-59-48-47(57)45(55)43(53)40(63-48)37-60-49-46(56)44(54)42(52)39(34-50)62-49/h5-8,11-14,17-18,20-23,38-40,42-50,52-57H,3-4,9-10,15-16,19,24-37H2,1-2H3/b7-5-,8-6-,13-11-,14-12-,18-17-,22-20-,23-21-. The van der Waals surface area contributed by atoms with Crippen LogP contribution < -0.4 is 0 Å². The lowest BCUT2D eigenvalue weighted by atomic mass is 9.98. The van der Waals surface area contributed by atoms with E-state index in [0.29, 0.717) is 13.0 Å². The molecule has 2 fully saturated rings. The molecule has 0 aromatic heterocycles. The lowest BCUT2D eigenvalue weighted by molar-refractivity contribution is -0.332. The third kappa shape index (κ3) is 24.9. The minimum Gasteiger partial charge on any atom is -0.457 e. The first-order chi connectivity index (χ1) is 30.6. The van der Waals surface area contributed by atoms with Gasteiger partial charge in [-0.25, -0.2) is 0 Å². The number of rotatable bonds is 34. The fraction of sp³-hybridized carbons (Fsp3) is 0.694. The molecule has 0 aliphatic carbocycles. The Morgan fingerprint density at radius 2 is 0.984 bits per heavy atom. The number of ether oxygens (including phenoxy) is 6. The molecule has 11 unspecified atom stereocenters. The van der Waals surface area contributed by atoms with Crippen LogP contribution in [-0.4, -0.2) is 142 Å². The van der Waals surface area contributed by atoms with Gasteiger partial charge >= 0.3 is 5.97 Å². The molecule has 2 rings (SSSR count). The highest BCUT2D eigenvalue weighted by atomic mass is 16.7. The molecule has 0 bridgehead atoms. The second-order valence-corrected chi connectivity index (χ2v) is 15.8. The van der Waals surface area contributed by atoms with Crippen LogP contribution in [0.3, 0.4) is 0 Å². The van der Waals surface area contributed by atoms with Crippen molar-refractivity contribution in [3.8, 4) is 0 Å². The summed E-state index contributed by atoms with van der Waals surface area (Å²) in [4.78, 5) is 12.9. The Bertz CT molecular complexity index is 1360. The molecule has 2 aliphatic rings. The van der Waals surface area contributed by atoms with Crippen LogP contribution in [0.4, 0.5) is 0 Å². The van der Waals surface area contributed by atoms with Gasteiger partial charge in [0, 0.05) is 13.0 Å². The van der Waals surface area contributed by atoms with Gasteiger partial charge in [-0.1, -0.05) is 112 Å². The molecule has 7 N–H and O–H groups in total. The molecular formula is C49H80O14. The van der Waals surface area contributed by atoms with Gasteiger partial charge in [0.05, 0.1) is 26.4 Å². The van der Waals surface area contributed by atoms with Crippen LogP contribution in [0, 0.1) is 0 Å². The summed E-state index contributed by atoms with van der Waals surface area (Å²) in [5.41, 5.74) is 0. The zero-order valence-electron chi connectivity index (χ0n) is 37.8. The van der Waals surface area contributed by atoms with Crippen molar-refractivity contribution in [1.82, 2.24) is 0 Å². The number of carbonyl (C=O) groups is 1. The van der Waals surface area contributed by atoms with Gasteiger partial charge in [0.1, 0.15) is 54.9 Å². The van der Waals surface area contributed by atoms with E-state index >= 15 is 0 Å². The predicted molar refractivity (Wildman–Crippen MR) is 242 cm³/mol. The van der Waals surface area contributed by atoms with E-state index in [9.17, 15) is 40.5 Å². The highest BCUT2D eigenvalue weighted by Gasteiger charge is 2.47. The molecule has 0 aromatic rings. The number of hydrogen-bond acceptors (Lipinski definition) is 14. The molecule has 0 spiro atoms. The normalized spacial score (nSPS) is 27.8. The van der Waals surface area contributed by atoms with Crippen LogP contribution in [0.15, 0.2) is 85.1 Å². The Kier molecular flexibility index (Phi) is 32.5. The highest BCUT2D eigenvalue weighted by molar-refractivity contribution is 5.69. The van der Waals surface area contributed by atoms with Crippen molar-refractivity contribution in [1.29, 1.82) is 0 Å². The summed E-state index contributed by atoms with van der Waals surface area (Å²) in [6, 6.07) is 0. The zero-order valence-corrected chi connectivity index (χ0v) is 37.8. The summed E-state index contributed by atoms with van der Waals surface area (Å²) in [7, 11) is 0. The SMILES string of the molecule is CC/C=C\C/C=C\C/C=C\C/C=C\CCCCCOCC(COC1OC(COC2OC(CO)C(O)C(O)C2O)C(O)C(O)C1O)OC(=O)CCCCC/C=C\C/C=C\C/C=C\CC. The van der Waals surface area contributed by atoms with E-state index in [1.54, 1.807) is 0 Å². The van der Waals surface area contributed by atoms with Crippen molar-refractivity contribution in [3.63, 3.8) is 0 Å². The first kappa shape index (κ1) is 56.3. The summed E-state index contributed by atoms with van der Waals surface area (Å²) < 4.78 is 34.1. The predicted octanol–water partition coefficient (Wildman–Crippen LogP) is 5.73. The first-order valence-electron chi connectivity index (χ1n) is 23.2. The molecule has 0 radical (unpaired) electrons. The van der Waals surface area contributed by atoms with E-state index in [2.05, 4.69) is 98.9 Å². The van der Waals surface area contributed by atoms with Gasteiger partial charge in [0.15, 0.2) is 12.6 Å². The van der Waals surface area contributed by atoms with E-state index in [-0.39, 0.29) is 19.6 Å². The summed E-state index contributed by atoms with van der Waals surface area (Å²) in [6.45, 7) is 3.29. The van der Waals surface area contributed by atoms with Gasteiger partial charge in [-0.15, -0.1) is 0 Å². The monoisotopic (exact) mass is 893 g/mol. The number of unbranched alkanes of at least 4 members (excludes halogenated alkanes) is 6. The Balaban J connectivity index is 1.84. The molecular weight excluding hydrogens is 813 g/mol. The molecule has 0 saturated carbocycles. The lowest BCUT2D eigenvalue weighted by Crippen LogP contribution is -2.61. The number of aliphatic hydroxyl groups is 7. The third-order valence-corrected chi connectivity index (χ3v) is 10.4. The van der Waals surface area contributed by atoms with Crippen LogP contribution in [0.1, 0.15) is 117 Å². The molecule has 2 saturated heterocycles. The van der Waals surface area contributed by atoms with E-state index in [4.69, 9.17) is 28.4 Å². The van der Waals surface area contributed by atoms with Crippen LogP contribution >= 0.6 is 0 Å². The maximum Gasteiger partial charge on any atom is 0.306 e. The van der Waals surface area contributed by atoms with E-state index in [1.807, 2.05) is 0 Å². The second-order valence-electron chi connectivity index (χ2n) is 15.8. The van der Waals surface area contributed by atoms with E-state index < -0.39 is 86.7 Å². The smallest absolute Gasteiger partial charge is 0.306 e. The van der Waals surface area contributed by atoms with E-state index in [1.165, 1.54) is 0 Å². The molecule has 2 aliphatic heterocycles. The van der Waals surface area contributed by atoms with Crippen molar-refractivity contribution < 1.29 is 69.0 Å². The van der Waals surface area contributed by atoms with E-state index in [0.717, 1.165) is 89.9 Å². The number of hydrogen-bond donors (Lipinski definition) is 7. The van der Waals surface area contributed by atoms with Crippen LogP contribution in [0.2, 0.25) is 0 Å². The van der Waals surface area contributed by atoms with Crippen LogP contribution in [0.25, 0.3) is 0 Å². The molecule has 11 atom stereocenters. The quantitative estimate of drug-likeness (QED) is 0.0234. The summed E-state index contributed by atoms with van der Waals surface area (Å²) in [5, 5.41) is 71.9. The molecule has 14 nitrogen and oxygen atoms in total. The van der Waals surface area contributed by atoms with Gasteiger partial charge in [0.2, 0.25) is 0 Å². The lowest BCUT2D eigenvalue weighted by Gasteiger charge is -2.42. The average Bonchev–Trinajstić information content (AvgIpc) is 3.28. The number of carbonyl (C=O) groups excluding carboxylic acids is 1. The Morgan fingerprint density at radius 3 is 1.51 bits per heavy atom. The maximum atomic E-state index is 12.9. The molecule has 2 heterocycles. The zero-order chi connectivity index (χ0) is 45.9. The minimum atomic E-state index is -1.72. The topological polar surface area (TPSA) is 214 Å². The van der Waals surface area contributed by atoms with Gasteiger partial charge in [-0.2, -0.15) is 0 Å². The molecule has 360 valence electrons. The van der Waals surface area contributed by atoms with Gasteiger partial charge in [-0.3, -0.25) is 4.79 Å². The Hall–Kier alpha value is -2.83. The Labute approximate surface area is 376 Å². The fourth-order valence-corrected chi connectivity index (χ4v) is 6.64. The molecule has 0 amide bonds. The first-order valence-corrected chi connectivity index (χ1v) is 23.2. The summed E-state index contributed by atoms with van der Waals surface area (Å²) in [6.07, 6.45) is 28.0. The maximum absolute atomic E-state index is 12.9. The molecule has 63 heavy (non-hydrogen) atoms. The van der Waals surface area contributed by atoms with Crippen molar-refractivity contribution in [2.45, 2.75) is 184 Å². The second kappa shape index (κ2) is 36.4. The van der Waals surface area contributed by atoms with Crippen molar-refractivity contribution >= 4 is 5.97 Å². The third-order valence-electron chi connectivity index (χ3n) is 10.4.